The Hall–Kier alpha value is -2.72. The van der Waals surface area contributed by atoms with E-state index in [1.54, 1.807) is 0 Å². The zero-order chi connectivity index (χ0) is 24.1. The van der Waals surface area contributed by atoms with E-state index in [4.69, 9.17) is 15.5 Å². The molecule has 1 saturated heterocycles. The molecule has 2 aromatic rings. The van der Waals surface area contributed by atoms with Gasteiger partial charge in [-0.25, -0.2) is 15.2 Å². The lowest BCUT2D eigenvalue weighted by Crippen LogP contribution is -2.41. The molecule has 0 aliphatic carbocycles. The van der Waals surface area contributed by atoms with Crippen LogP contribution in [-0.4, -0.2) is 61.3 Å². The smallest absolute Gasteiger partial charge is 0.319 e. The quantitative estimate of drug-likeness (QED) is 0.473. The zero-order valence-corrected chi connectivity index (χ0v) is 20.4. The maximum absolute atomic E-state index is 12.8. The number of amides is 2. The van der Waals surface area contributed by atoms with Gasteiger partial charge in [-0.2, -0.15) is 0 Å². The molecule has 5 N–H and O–H groups in total. The second kappa shape index (κ2) is 11.1. The highest BCUT2D eigenvalue weighted by Crippen LogP contribution is 2.35. The van der Waals surface area contributed by atoms with Crippen molar-refractivity contribution in [3.63, 3.8) is 0 Å². The molecule has 2 aliphatic rings. The lowest BCUT2D eigenvalue weighted by molar-refractivity contribution is 0.0806. The highest BCUT2D eigenvalue weighted by atomic mass is 16.5. The number of fused-ring (bicyclic) bond motifs is 1. The van der Waals surface area contributed by atoms with Gasteiger partial charge in [0.25, 0.3) is 0 Å². The van der Waals surface area contributed by atoms with Crippen LogP contribution in [-0.2, 0) is 17.8 Å². The molecule has 9 heteroatoms. The number of likely N-dealkylation sites (N-methyl/N-ethyl adjacent to an activating group) is 1. The van der Waals surface area contributed by atoms with Crippen molar-refractivity contribution in [1.82, 2.24) is 20.6 Å². The number of nitrogens with two attached hydrogens (primary N) is 1. The van der Waals surface area contributed by atoms with Crippen LogP contribution in [0.4, 0.5) is 16.3 Å². The van der Waals surface area contributed by atoms with Gasteiger partial charge < -0.3 is 26.0 Å². The highest BCUT2D eigenvalue weighted by molar-refractivity contribution is 5.92. The van der Waals surface area contributed by atoms with Crippen LogP contribution in [0.15, 0.2) is 30.3 Å². The van der Waals surface area contributed by atoms with Crippen molar-refractivity contribution in [3.05, 3.63) is 41.5 Å². The van der Waals surface area contributed by atoms with E-state index in [0.29, 0.717) is 26.3 Å². The van der Waals surface area contributed by atoms with Gasteiger partial charge in [-0.1, -0.05) is 18.2 Å². The second-order valence-electron chi connectivity index (χ2n) is 9.37. The number of carbonyl (C=O) groups is 1. The molecule has 0 radical (unpaired) electrons. The summed E-state index contributed by atoms with van der Waals surface area (Å²) in [5.41, 5.74) is 13.9. The van der Waals surface area contributed by atoms with E-state index < -0.39 is 0 Å². The van der Waals surface area contributed by atoms with Crippen LogP contribution in [0.5, 0.6) is 0 Å². The normalized spacial score (nSPS) is 16.2. The van der Waals surface area contributed by atoms with Crippen molar-refractivity contribution in [1.29, 1.82) is 0 Å². The first-order valence-corrected chi connectivity index (χ1v) is 12.1. The fourth-order valence-electron chi connectivity index (χ4n) is 4.48. The minimum absolute atomic E-state index is 0.135. The molecule has 2 aliphatic heterocycles. The molecule has 0 saturated carbocycles. The fraction of sp³-hybridized carbons (Fsp3) is 0.520. The van der Waals surface area contributed by atoms with Gasteiger partial charge in [-0.15, -0.1) is 0 Å². The van der Waals surface area contributed by atoms with E-state index in [2.05, 4.69) is 71.1 Å². The van der Waals surface area contributed by atoms with Crippen LogP contribution in [0, 0.1) is 0 Å². The summed E-state index contributed by atoms with van der Waals surface area (Å²) in [5.74, 6) is 0.861. The van der Waals surface area contributed by atoms with Crippen LogP contribution in [0.2, 0.25) is 0 Å². The highest BCUT2D eigenvalue weighted by Gasteiger charge is 2.27. The van der Waals surface area contributed by atoms with Gasteiger partial charge in [0, 0.05) is 62.6 Å². The van der Waals surface area contributed by atoms with Crippen molar-refractivity contribution in [2.45, 2.75) is 51.9 Å². The molecule has 34 heavy (non-hydrogen) atoms. The topological polar surface area (TPSA) is 108 Å². The van der Waals surface area contributed by atoms with E-state index in [1.165, 1.54) is 5.56 Å². The largest absolute Gasteiger partial charge is 0.381 e. The molecule has 9 nitrogen and oxygen atoms in total. The van der Waals surface area contributed by atoms with E-state index in [0.717, 1.165) is 54.3 Å². The van der Waals surface area contributed by atoms with E-state index >= 15 is 0 Å². The minimum Gasteiger partial charge on any atom is -0.381 e. The number of hydrogen-bond acceptors (Lipinski definition) is 7. The number of nitrogens with zero attached hydrogens (tertiary/aromatic N) is 3. The molecular weight excluding hydrogens is 430 g/mol. The number of ether oxygens (including phenoxy) is 1. The van der Waals surface area contributed by atoms with Crippen LogP contribution >= 0.6 is 0 Å². The Morgan fingerprint density at radius 3 is 2.85 bits per heavy atom. The molecule has 4 rings (SSSR count). The molecule has 1 fully saturated rings. The lowest BCUT2D eigenvalue weighted by Gasteiger charge is -2.24. The van der Waals surface area contributed by atoms with Crippen molar-refractivity contribution in [3.8, 4) is 11.3 Å². The number of rotatable bonds is 8. The summed E-state index contributed by atoms with van der Waals surface area (Å²) in [4.78, 5) is 20.1. The fourth-order valence-corrected chi connectivity index (χ4v) is 4.48. The molecule has 1 aromatic heterocycles. The number of urea groups is 1. The number of pyridine rings is 1. The number of nitrogens with one attached hydrogen (secondary N) is 3. The molecule has 2 amide bonds. The summed E-state index contributed by atoms with van der Waals surface area (Å²) in [7, 11) is 2.07. The Balaban J connectivity index is 1.62. The molecular formula is C25H37N7O2. The number of carbonyl (C=O) groups excluding carboxylic acids is 1. The molecule has 0 atom stereocenters. The average molecular weight is 468 g/mol. The summed E-state index contributed by atoms with van der Waals surface area (Å²) in [6.45, 7) is 8.52. The number of aromatic nitrogens is 1. The van der Waals surface area contributed by atoms with Gasteiger partial charge in [0.05, 0.1) is 11.4 Å². The monoisotopic (exact) mass is 467 g/mol. The van der Waals surface area contributed by atoms with Gasteiger partial charge in [0.2, 0.25) is 0 Å². The molecule has 1 aromatic carbocycles. The molecule has 184 valence electrons. The van der Waals surface area contributed by atoms with Crippen LogP contribution in [0.1, 0.15) is 37.8 Å². The van der Waals surface area contributed by atoms with Gasteiger partial charge in [0.1, 0.15) is 5.82 Å². The van der Waals surface area contributed by atoms with Gasteiger partial charge >= 0.3 is 6.03 Å². The maximum Gasteiger partial charge on any atom is 0.319 e. The summed E-state index contributed by atoms with van der Waals surface area (Å²) >= 11 is 0. The van der Waals surface area contributed by atoms with Crippen LogP contribution in [0.3, 0.4) is 0 Å². The third kappa shape index (κ3) is 5.85. The van der Waals surface area contributed by atoms with Gasteiger partial charge in [0.15, 0.2) is 0 Å². The SMILES string of the molecule is CC(C)N1NCc2c(NC(=O)NC3CCOCC3)cc(-c3cccc(CN(C)CCN)c3)nc21. The average Bonchev–Trinajstić information content (AvgIpc) is 3.25. The Morgan fingerprint density at radius 1 is 1.32 bits per heavy atom. The van der Waals surface area contributed by atoms with Crippen molar-refractivity contribution < 1.29 is 9.53 Å². The molecule has 0 unspecified atom stereocenters. The molecule has 0 bridgehead atoms. The van der Waals surface area contributed by atoms with E-state index in [1.807, 2.05) is 6.07 Å². The first kappa shape index (κ1) is 24.4. The predicted molar refractivity (Wildman–Crippen MR) is 136 cm³/mol. The van der Waals surface area contributed by atoms with E-state index in [-0.39, 0.29) is 18.1 Å². The standard InChI is InChI=1S/C25H37N7O2/c1-17(2)32-24-21(15-27-32)23(30-25(33)28-20-7-11-34-12-8-20)14-22(29-24)19-6-4-5-18(13-19)16-31(3)10-9-26/h4-6,13-14,17,20,27H,7-12,15-16,26H2,1-3H3,(H2,28,29,30,33). The van der Waals surface area contributed by atoms with Crippen LogP contribution < -0.4 is 26.8 Å². The van der Waals surface area contributed by atoms with Crippen LogP contribution in [0.25, 0.3) is 11.3 Å². The number of hydrogen-bond donors (Lipinski definition) is 4. The lowest BCUT2D eigenvalue weighted by atomic mass is 10.0. The summed E-state index contributed by atoms with van der Waals surface area (Å²) < 4.78 is 5.40. The Labute approximate surface area is 202 Å². The summed E-state index contributed by atoms with van der Waals surface area (Å²) in [6, 6.07) is 10.6. The molecule has 3 heterocycles. The number of benzene rings is 1. The van der Waals surface area contributed by atoms with Crippen molar-refractivity contribution >= 4 is 17.5 Å². The third-order valence-electron chi connectivity index (χ3n) is 6.26. The number of anilines is 2. The molecule has 0 spiro atoms. The third-order valence-corrected chi connectivity index (χ3v) is 6.26. The summed E-state index contributed by atoms with van der Waals surface area (Å²) in [5, 5.41) is 8.27. The Kier molecular flexibility index (Phi) is 7.99. The maximum atomic E-state index is 12.8. The summed E-state index contributed by atoms with van der Waals surface area (Å²) in [6.07, 6.45) is 1.67. The first-order valence-electron chi connectivity index (χ1n) is 12.1. The van der Waals surface area contributed by atoms with Crippen molar-refractivity contribution in [2.75, 3.05) is 43.7 Å². The van der Waals surface area contributed by atoms with Gasteiger partial charge in [-0.3, -0.25) is 5.01 Å². The van der Waals surface area contributed by atoms with Crippen molar-refractivity contribution in [2.24, 2.45) is 5.73 Å². The number of hydrazine groups is 1. The Morgan fingerprint density at radius 2 is 2.12 bits per heavy atom. The second-order valence-corrected chi connectivity index (χ2v) is 9.37. The minimum atomic E-state index is -0.189. The first-order chi connectivity index (χ1) is 16.4. The zero-order valence-electron chi connectivity index (χ0n) is 20.4. The predicted octanol–water partition coefficient (Wildman–Crippen LogP) is 2.67. The van der Waals surface area contributed by atoms with E-state index in [9.17, 15) is 4.79 Å². The van der Waals surface area contributed by atoms with Gasteiger partial charge in [-0.05, 0) is 51.4 Å². The Bertz CT molecular complexity index is 991.